The van der Waals surface area contributed by atoms with E-state index < -0.39 is 0 Å². The summed E-state index contributed by atoms with van der Waals surface area (Å²) in [5.74, 6) is 0. The van der Waals surface area contributed by atoms with Gasteiger partial charge in [-0.05, 0) is 24.3 Å². The van der Waals surface area contributed by atoms with Crippen molar-refractivity contribution >= 4 is 46.3 Å². The summed E-state index contributed by atoms with van der Waals surface area (Å²) in [4.78, 5) is 0. The van der Waals surface area contributed by atoms with E-state index >= 15 is 0 Å². The molecule has 45 valence electrons. The SMILES string of the molecule is Clc1c[c]cc(Cl)c1.[MgH2]. The Morgan fingerprint density at radius 3 is 1.78 bits per heavy atom. The number of rotatable bonds is 0. The van der Waals surface area contributed by atoms with Crippen LogP contribution in [0.5, 0.6) is 0 Å². The second-order valence-electron chi connectivity index (χ2n) is 1.37. The fourth-order valence-corrected chi connectivity index (χ4v) is 0.833. The Morgan fingerprint density at radius 1 is 1.11 bits per heavy atom. The molecule has 0 aromatic heterocycles. The van der Waals surface area contributed by atoms with Gasteiger partial charge in [-0.15, -0.1) is 0 Å². The van der Waals surface area contributed by atoms with Crippen LogP contribution in [0.2, 0.25) is 10.0 Å². The number of halogens is 2. The molecule has 3 heteroatoms. The first-order valence-corrected chi connectivity index (χ1v) is 2.87. The van der Waals surface area contributed by atoms with Crippen molar-refractivity contribution in [2.75, 3.05) is 0 Å². The molecule has 0 fully saturated rings. The van der Waals surface area contributed by atoms with Gasteiger partial charge in [0.25, 0.3) is 0 Å². The van der Waals surface area contributed by atoms with Gasteiger partial charge in [-0.2, -0.15) is 0 Å². The van der Waals surface area contributed by atoms with Crippen LogP contribution in [0.25, 0.3) is 0 Å². The predicted octanol–water partition coefficient (Wildman–Crippen LogP) is 1.88. The fraction of sp³-hybridized carbons (Fsp3) is 0. The van der Waals surface area contributed by atoms with Crippen molar-refractivity contribution in [3.63, 3.8) is 0 Å². The highest BCUT2D eigenvalue weighted by atomic mass is 35.5. The molecule has 0 saturated carbocycles. The summed E-state index contributed by atoms with van der Waals surface area (Å²) >= 11 is 11.1. The summed E-state index contributed by atoms with van der Waals surface area (Å²) in [6, 6.07) is 7.75. The lowest BCUT2D eigenvalue weighted by atomic mass is 10.4. The zero-order chi connectivity index (χ0) is 5.98. The monoisotopic (exact) mass is 171 g/mol. The zero-order valence-electron chi connectivity index (χ0n) is 3.99. The van der Waals surface area contributed by atoms with Crippen LogP contribution in [0.15, 0.2) is 18.2 Å². The highest BCUT2D eigenvalue weighted by Crippen LogP contribution is 2.13. The Labute approximate surface area is 80.3 Å². The molecular weight excluding hydrogens is 167 g/mol. The Kier molecular flexibility index (Phi) is 4.67. The summed E-state index contributed by atoms with van der Waals surface area (Å²) in [5.41, 5.74) is 0. The van der Waals surface area contributed by atoms with Crippen LogP contribution in [-0.4, -0.2) is 23.1 Å². The molecule has 0 N–H and O–H groups in total. The smallest absolute Gasteiger partial charge is 0.0843 e. The summed E-state index contributed by atoms with van der Waals surface area (Å²) in [6.07, 6.45) is 0. The van der Waals surface area contributed by atoms with Crippen LogP contribution in [0.3, 0.4) is 0 Å². The van der Waals surface area contributed by atoms with Gasteiger partial charge in [0.15, 0.2) is 0 Å². The Bertz CT molecular complexity index is 171. The van der Waals surface area contributed by atoms with Gasteiger partial charge in [0.05, 0.1) is 0 Å². The molecule has 9 heavy (non-hydrogen) atoms. The lowest BCUT2D eigenvalue weighted by Gasteiger charge is -1.86. The Balaban J connectivity index is 0.000000640. The van der Waals surface area contributed by atoms with Crippen molar-refractivity contribution in [2.45, 2.75) is 0 Å². The Hall–Kier alpha value is 0.566. The van der Waals surface area contributed by atoms with E-state index in [9.17, 15) is 0 Å². The van der Waals surface area contributed by atoms with E-state index in [2.05, 4.69) is 6.07 Å². The molecule has 1 radical (unpaired) electrons. The Morgan fingerprint density at radius 2 is 1.56 bits per heavy atom. The molecule has 0 atom stereocenters. The molecule has 0 bridgehead atoms. The number of hydrogen-bond acceptors (Lipinski definition) is 0. The summed E-state index contributed by atoms with van der Waals surface area (Å²) in [7, 11) is 0. The first kappa shape index (κ1) is 9.57. The highest BCUT2D eigenvalue weighted by molar-refractivity contribution is 6.34. The van der Waals surface area contributed by atoms with E-state index in [1.807, 2.05) is 0 Å². The van der Waals surface area contributed by atoms with Crippen molar-refractivity contribution in [1.82, 2.24) is 0 Å². The lowest BCUT2D eigenvalue weighted by Crippen LogP contribution is -1.61. The molecule has 0 aliphatic rings. The quantitative estimate of drug-likeness (QED) is 0.524. The predicted molar refractivity (Wildman–Crippen MR) is 43.8 cm³/mol. The molecule has 1 rings (SSSR count). The van der Waals surface area contributed by atoms with Gasteiger partial charge in [-0.25, -0.2) is 0 Å². The zero-order valence-corrected chi connectivity index (χ0v) is 5.50. The van der Waals surface area contributed by atoms with E-state index in [0.29, 0.717) is 10.0 Å². The third-order valence-electron chi connectivity index (χ3n) is 0.718. The van der Waals surface area contributed by atoms with E-state index in [4.69, 9.17) is 23.2 Å². The number of hydrogen-bond donors (Lipinski definition) is 0. The molecule has 1 aromatic carbocycles. The minimum Gasteiger partial charge on any atom is -0.0843 e. The van der Waals surface area contributed by atoms with Crippen LogP contribution in [-0.2, 0) is 0 Å². The van der Waals surface area contributed by atoms with E-state index in [-0.39, 0.29) is 23.1 Å². The van der Waals surface area contributed by atoms with E-state index in [1.54, 1.807) is 18.2 Å². The highest BCUT2D eigenvalue weighted by Gasteiger charge is 1.85. The molecule has 0 amide bonds. The molecule has 0 unspecified atom stereocenters. The molecule has 0 nitrogen and oxygen atoms in total. The van der Waals surface area contributed by atoms with Crippen LogP contribution in [0.4, 0.5) is 0 Å². The molecule has 0 spiro atoms. The van der Waals surface area contributed by atoms with Gasteiger partial charge in [0, 0.05) is 10.0 Å². The lowest BCUT2D eigenvalue weighted by molar-refractivity contribution is 1.69. The summed E-state index contributed by atoms with van der Waals surface area (Å²) < 4.78 is 0. The first-order valence-electron chi connectivity index (χ1n) is 2.11. The van der Waals surface area contributed by atoms with Crippen molar-refractivity contribution in [1.29, 1.82) is 0 Å². The topological polar surface area (TPSA) is 0 Å². The van der Waals surface area contributed by atoms with Crippen molar-refractivity contribution in [3.8, 4) is 0 Å². The fourth-order valence-electron chi connectivity index (χ4n) is 0.416. The molecule has 0 aliphatic carbocycles. The van der Waals surface area contributed by atoms with Gasteiger partial charge in [0.1, 0.15) is 0 Å². The van der Waals surface area contributed by atoms with Gasteiger partial charge in [-0.1, -0.05) is 23.2 Å². The first-order chi connectivity index (χ1) is 3.79. The number of benzene rings is 1. The maximum atomic E-state index is 5.53. The molecule has 0 heterocycles. The van der Waals surface area contributed by atoms with Gasteiger partial charge >= 0.3 is 23.1 Å². The van der Waals surface area contributed by atoms with Gasteiger partial charge < -0.3 is 0 Å². The van der Waals surface area contributed by atoms with Crippen LogP contribution < -0.4 is 0 Å². The summed E-state index contributed by atoms with van der Waals surface area (Å²) in [5, 5.41) is 1.25. The average Bonchev–Trinajstić information content (AvgIpc) is 1.64. The van der Waals surface area contributed by atoms with E-state index in [0.717, 1.165) is 0 Å². The minimum absolute atomic E-state index is 0. The second-order valence-corrected chi connectivity index (χ2v) is 2.24. The van der Waals surface area contributed by atoms with Crippen LogP contribution >= 0.6 is 23.2 Å². The van der Waals surface area contributed by atoms with Crippen molar-refractivity contribution in [3.05, 3.63) is 34.3 Å². The second kappa shape index (κ2) is 4.39. The van der Waals surface area contributed by atoms with Crippen LogP contribution in [0, 0.1) is 6.07 Å². The third-order valence-corrected chi connectivity index (χ3v) is 1.15. The van der Waals surface area contributed by atoms with Gasteiger partial charge in [-0.3, -0.25) is 0 Å². The largest absolute Gasteiger partial charge is 0.316 e. The maximum Gasteiger partial charge on any atom is 0.316 e. The minimum atomic E-state index is 0. The molecule has 0 aliphatic heterocycles. The molecule has 1 aromatic rings. The van der Waals surface area contributed by atoms with E-state index in [1.165, 1.54) is 0 Å². The standard InChI is InChI=1S/C6H3Cl2.Mg.2H/c7-5-2-1-3-6(8)4-5;;;/h2-4H;;;. The maximum absolute atomic E-state index is 5.53. The normalized spacial score (nSPS) is 8.22. The van der Waals surface area contributed by atoms with Gasteiger partial charge in [0.2, 0.25) is 0 Å². The molecular formula is C6H5Cl2Mg. The third kappa shape index (κ3) is 3.31. The summed E-state index contributed by atoms with van der Waals surface area (Å²) in [6.45, 7) is 0. The van der Waals surface area contributed by atoms with Crippen molar-refractivity contribution < 1.29 is 0 Å². The molecule has 0 saturated heterocycles. The van der Waals surface area contributed by atoms with Crippen molar-refractivity contribution in [2.24, 2.45) is 0 Å². The average molecular weight is 172 g/mol. The van der Waals surface area contributed by atoms with Crippen LogP contribution in [0.1, 0.15) is 0 Å².